The van der Waals surface area contributed by atoms with Crippen molar-refractivity contribution >= 4 is 5.69 Å². The monoisotopic (exact) mass is 247 g/mol. The fourth-order valence-corrected chi connectivity index (χ4v) is 1.84. The van der Waals surface area contributed by atoms with E-state index >= 15 is 0 Å². The Bertz CT molecular complexity index is 370. The van der Waals surface area contributed by atoms with Crippen molar-refractivity contribution in [1.82, 2.24) is 10.3 Å². The van der Waals surface area contributed by atoms with E-state index in [1.165, 1.54) is 0 Å². The van der Waals surface area contributed by atoms with Crippen molar-refractivity contribution in [3.8, 4) is 0 Å². The molecule has 1 N–H and O–H groups in total. The van der Waals surface area contributed by atoms with Crippen LogP contribution in [0.4, 0.5) is 5.69 Å². The standard InChI is InChI=1S/C15H25N3/c1-6-9-16-13(4)15-8-7-14(10-17-15)18(5)11-12(2)3/h7-8,10,13,16H,2,6,9,11H2,1,3-5H3. The largest absolute Gasteiger partial charge is 0.369 e. The molecule has 0 amide bonds. The number of pyridine rings is 1. The van der Waals surface area contributed by atoms with Gasteiger partial charge in [-0.05, 0) is 38.9 Å². The highest BCUT2D eigenvalue weighted by Gasteiger charge is 2.07. The molecular formula is C15H25N3. The Morgan fingerprint density at radius 3 is 2.72 bits per heavy atom. The van der Waals surface area contributed by atoms with Gasteiger partial charge in [0.2, 0.25) is 0 Å². The highest BCUT2D eigenvalue weighted by Crippen LogP contribution is 2.16. The Morgan fingerprint density at radius 2 is 2.22 bits per heavy atom. The maximum absolute atomic E-state index is 4.53. The van der Waals surface area contributed by atoms with Gasteiger partial charge in [-0.15, -0.1) is 0 Å². The minimum atomic E-state index is 0.311. The Morgan fingerprint density at radius 1 is 1.50 bits per heavy atom. The van der Waals surface area contributed by atoms with Crippen LogP contribution in [0.25, 0.3) is 0 Å². The zero-order valence-electron chi connectivity index (χ0n) is 12.0. The summed E-state index contributed by atoms with van der Waals surface area (Å²) in [6, 6.07) is 4.53. The molecule has 1 heterocycles. The minimum Gasteiger partial charge on any atom is -0.369 e. The first-order valence-corrected chi connectivity index (χ1v) is 6.59. The summed E-state index contributed by atoms with van der Waals surface area (Å²) >= 11 is 0. The van der Waals surface area contributed by atoms with Crippen LogP contribution < -0.4 is 10.2 Å². The van der Waals surface area contributed by atoms with Crippen LogP contribution in [0.5, 0.6) is 0 Å². The second kappa shape index (κ2) is 7.17. The van der Waals surface area contributed by atoms with Gasteiger partial charge in [0.15, 0.2) is 0 Å². The third-order valence-corrected chi connectivity index (χ3v) is 2.86. The molecule has 3 heteroatoms. The summed E-state index contributed by atoms with van der Waals surface area (Å²) in [5, 5.41) is 3.44. The maximum atomic E-state index is 4.53. The molecular weight excluding hydrogens is 222 g/mol. The Labute approximate surface area is 111 Å². The van der Waals surface area contributed by atoms with E-state index in [9.17, 15) is 0 Å². The van der Waals surface area contributed by atoms with Crippen LogP contribution in [0.2, 0.25) is 0 Å². The van der Waals surface area contributed by atoms with E-state index < -0.39 is 0 Å². The van der Waals surface area contributed by atoms with Crippen LogP contribution >= 0.6 is 0 Å². The molecule has 0 saturated carbocycles. The number of rotatable bonds is 7. The second-order valence-corrected chi connectivity index (χ2v) is 4.93. The number of anilines is 1. The van der Waals surface area contributed by atoms with Gasteiger partial charge in [0.05, 0.1) is 17.6 Å². The summed E-state index contributed by atoms with van der Waals surface area (Å²) in [6.07, 6.45) is 3.08. The van der Waals surface area contributed by atoms with Gasteiger partial charge in [0.25, 0.3) is 0 Å². The molecule has 0 fully saturated rings. The fourth-order valence-electron chi connectivity index (χ4n) is 1.84. The van der Waals surface area contributed by atoms with Gasteiger partial charge in [-0.25, -0.2) is 0 Å². The van der Waals surface area contributed by atoms with E-state index in [1.807, 2.05) is 13.1 Å². The molecule has 100 valence electrons. The highest BCUT2D eigenvalue weighted by molar-refractivity contribution is 5.45. The second-order valence-electron chi connectivity index (χ2n) is 4.93. The summed E-state index contributed by atoms with van der Waals surface area (Å²) in [6.45, 7) is 12.2. The molecule has 0 radical (unpaired) electrons. The van der Waals surface area contributed by atoms with Gasteiger partial charge in [-0.2, -0.15) is 0 Å². The van der Waals surface area contributed by atoms with Gasteiger partial charge in [0.1, 0.15) is 0 Å². The van der Waals surface area contributed by atoms with Crippen molar-refractivity contribution in [1.29, 1.82) is 0 Å². The lowest BCUT2D eigenvalue weighted by atomic mass is 10.2. The number of hydrogen-bond donors (Lipinski definition) is 1. The number of nitrogens with one attached hydrogen (secondary N) is 1. The van der Waals surface area contributed by atoms with Gasteiger partial charge in [-0.1, -0.05) is 19.1 Å². The molecule has 18 heavy (non-hydrogen) atoms. The number of nitrogens with zero attached hydrogens (tertiary/aromatic N) is 2. The van der Waals surface area contributed by atoms with Crippen LogP contribution in [0.3, 0.4) is 0 Å². The molecule has 0 bridgehead atoms. The summed E-state index contributed by atoms with van der Waals surface area (Å²) in [4.78, 5) is 6.68. The minimum absolute atomic E-state index is 0.311. The van der Waals surface area contributed by atoms with Gasteiger partial charge in [0, 0.05) is 19.6 Å². The lowest BCUT2D eigenvalue weighted by Gasteiger charge is -2.20. The smallest absolute Gasteiger partial charge is 0.0572 e. The van der Waals surface area contributed by atoms with E-state index in [1.54, 1.807) is 0 Å². The molecule has 1 atom stereocenters. The summed E-state index contributed by atoms with van der Waals surface area (Å²) < 4.78 is 0. The average molecular weight is 247 g/mol. The molecule has 0 aliphatic carbocycles. The van der Waals surface area contributed by atoms with Crippen molar-refractivity contribution in [3.05, 3.63) is 36.2 Å². The van der Waals surface area contributed by atoms with Crippen LogP contribution in [0, 0.1) is 0 Å². The third kappa shape index (κ3) is 4.49. The van der Waals surface area contributed by atoms with Crippen molar-refractivity contribution < 1.29 is 0 Å². The van der Waals surface area contributed by atoms with Gasteiger partial charge in [-0.3, -0.25) is 4.98 Å². The van der Waals surface area contributed by atoms with Crippen molar-refractivity contribution in [2.75, 3.05) is 25.0 Å². The predicted molar refractivity (Wildman–Crippen MR) is 79.0 cm³/mol. The lowest BCUT2D eigenvalue weighted by Crippen LogP contribution is -2.21. The van der Waals surface area contributed by atoms with E-state index in [4.69, 9.17) is 0 Å². The van der Waals surface area contributed by atoms with Gasteiger partial charge >= 0.3 is 0 Å². The lowest BCUT2D eigenvalue weighted by molar-refractivity contribution is 0.558. The molecule has 0 spiro atoms. The number of hydrogen-bond acceptors (Lipinski definition) is 3. The Balaban J connectivity index is 2.64. The van der Waals surface area contributed by atoms with Gasteiger partial charge < -0.3 is 10.2 Å². The first-order chi connectivity index (χ1) is 8.54. The molecule has 0 aromatic carbocycles. The van der Waals surface area contributed by atoms with Crippen LogP contribution in [-0.4, -0.2) is 25.1 Å². The summed E-state index contributed by atoms with van der Waals surface area (Å²) in [5.41, 5.74) is 3.37. The average Bonchev–Trinajstić information content (AvgIpc) is 2.35. The fraction of sp³-hybridized carbons (Fsp3) is 0.533. The van der Waals surface area contributed by atoms with Crippen LogP contribution in [0.1, 0.15) is 38.9 Å². The summed E-state index contributed by atoms with van der Waals surface area (Å²) in [5.74, 6) is 0. The molecule has 1 aromatic rings. The van der Waals surface area contributed by atoms with E-state index in [2.05, 4.69) is 54.8 Å². The molecule has 0 aliphatic heterocycles. The summed E-state index contributed by atoms with van der Waals surface area (Å²) in [7, 11) is 2.06. The normalized spacial score (nSPS) is 12.2. The van der Waals surface area contributed by atoms with Crippen molar-refractivity contribution in [2.45, 2.75) is 33.2 Å². The quantitative estimate of drug-likeness (QED) is 0.750. The molecule has 0 saturated heterocycles. The molecule has 0 aliphatic rings. The van der Waals surface area contributed by atoms with E-state index in [-0.39, 0.29) is 0 Å². The SMILES string of the molecule is C=C(C)CN(C)c1ccc(C(C)NCCC)nc1. The van der Waals surface area contributed by atoms with Crippen molar-refractivity contribution in [2.24, 2.45) is 0 Å². The molecule has 1 aromatic heterocycles. The number of aromatic nitrogens is 1. The van der Waals surface area contributed by atoms with E-state index in [0.717, 1.165) is 36.5 Å². The third-order valence-electron chi connectivity index (χ3n) is 2.86. The zero-order chi connectivity index (χ0) is 13.5. The Kier molecular flexibility index (Phi) is 5.86. The Hall–Kier alpha value is -1.35. The predicted octanol–water partition coefficient (Wildman–Crippen LogP) is 3.15. The molecule has 1 rings (SSSR count). The maximum Gasteiger partial charge on any atom is 0.0572 e. The van der Waals surface area contributed by atoms with Crippen LogP contribution in [0.15, 0.2) is 30.5 Å². The molecule has 3 nitrogen and oxygen atoms in total. The van der Waals surface area contributed by atoms with E-state index in [0.29, 0.717) is 6.04 Å². The van der Waals surface area contributed by atoms with Crippen molar-refractivity contribution in [3.63, 3.8) is 0 Å². The number of likely N-dealkylation sites (N-methyl/N-ethyl adjacent to an activating group) is 1. The molecule has 1 unspecified atom stereocenters. The zero-order valence-corrected chi connectivity index (χ0v) is 12.0. The first-order valence-electron chi connectivity index (χ1n) is 6.59. The first kappa shape index (κ1) is 14.7. The topological polar surface area (TPSA) is 28.2 Å². The highest BCUT2D eigenvalue weighted by atomic mass is 15.1. The van der Waals surface area contributed by atoms with Crippen LogP contribution in [-0.2, 0) is 0 Å².